The van der Waals surface area contributed by atoms with Crippen LogP contribution in [0, 0.1) is 0 Å². The quantitative estimate of drug-likeness (QED) is 0.282. The van der Waals surface area contributed by atoms with Gasteiger partial charge in [-0.25, -0.2) is 0 Å². The van der Waals surface area contributed by atoms with Crippen LogP contribution in [0.2, 0.25) is 0 Å². The molecular formula is C22H44N6. The van der Waals surface area contributed by atoms with E-state index < -0.39 is 0 Å². The van der Waals surface area contributed by atoms with Crippen molar-refractivity contribution in [2.24, 2.45) is 22.9 Å². The molecule has 0 aliphatic carbocycles. The van der Waals surface area contributed by atoms with Gasteiger partial charge in [0, 0.05) is 13.1 Å². The summed E-state index contributed by atoms with van der Waals surface area (Å²) in [5, 5.41) is 0. The molecule has 0 aliphatic heterocycles. The number of unbranched alkanes of at least 4 members (excludes halogenated alkanes) is 2. The van der Waals surface area contributed by atoms with Crippen molar-refractivity contribution in [2.45, 2.75) is 51.6 Å². The summed E-state index contributed by atoms with van der Waals surface area (Å²) in [5.41, 5.74) is 25.4. The predicted octanol–water partition coefficient (Wildman–Crippen LogP) is 1.47. The number of hydrogen-bond donors (Lipinski definition) is 4. The lowest BCUT2D eigenvalue weighted by atomic mass is 10.1. The molecule has 0 bridgehead atoms. The third-order valence-electron chi connectivity index (χ3n) is 5.05. The molecule has 162 valence electrons. The third kappa shape index (κ3) is 11.7. The summed E-state index contributed by atoms with van der Waals surface area (Å²) in [6.45, 7) is 9.28. The van der Waals surface area contributed by atoms with Gasteiger partial charge in [0.25, 0.3) is 0 Å². The first-order valence-electron chi connectivity index (χ1n) is 11.1. The molecule has 0 amide bonds. The Labute approximate surface area is 172 Å². The Morgan fingerprint density at radius 1 is 0.464 bits per heavy atom. The molecule has 0 saturated heterocycles. The van der Waals surface area contributed by atoms with Gasteiger partial charge in [0.2, 0.25) is 0 Å². The van der Waals surface area contributed by atoms with Crippen molar-refractivity contribution in [3.63, 3.8) is 0 Å². The smallest absolute Gasteiger partial charge is 0.0233 e. The summed E-state index contributed by atoms with van der Waals surface area (Å²) in [6.07, 6.45) is 6.55. The molecule has 0 aliphatic rings. The summed E-state index contributed by atoms with van der Waals surface area (Å²) in [6, 6.07) is 9.09. The van der Waals surface area contributed by atoms with Gasteiger partial charge in [-0.05, 0) is 102 Å². The van der Waals surface area contributed by atoms with E-state index >= 15 is 0 Å². The van der Waals surface area contributed by atoms with E-state index in [-0.39, 0.29) is 0 Å². The molecule has 0 spiro atoms. The molecule has 0 aromatic heterocycles. The van der Waals surface area contributed by atoms with Crippen LogP contribution in [0.1, 0.15) is 49.7 Å². The second-order valence-corrected chi connectivity index (χ2v) is 7.64. The van der Waals surface area contributed by atoms with Crippen LogP contribution in [0.5, 0.6) is 0 Å². The van der Waals surface area contributed by atoms with E-state index in [1.807, 2.05) is 0 Å². The Kier molecular flexibility index (Phi) is 15.1. The van der Waals surface area contributed by atoms with Crippen LogP contribution >= 0.6 is 0 Å². The highest BCUT2D eigenvalue weighted by molar-refractivity contribution is 5.22. The SMILES string of the molecule is NCCCCN(CCCN)Cc1ccc(CN(CCCN)CCCCN)cc1. The average molecular weight is 393 g/mol. The van der Waals surface area contributed by atoms with Crippen LogP contribution < -0.4 is 22.9 Å². The molecule has 0 saturated carbocycles. The van der Waals surface area contributed by atoms with Crippen LogP contribution in [0.25, 0.3) is 0 Å². The zero-order valence-electron chi connectivity index (χ0n) is 17.8. The van der Waals surface area contributed by atoms with Crippen LogP contribution in [-0.4, -0.2) is 62.2 Å². The lowest BCUT2D eigenvalue weighted by molar-refractivity contribution is 0.256. The topological polar surface area (TPSA) is 111 Å². The Balaban J connectivity index is 2.57. The lowest BCUT2D eigenvalue weighted by Crippen LogP contribution is -2.28. The fraction of sp³-hybridized carbons (Fsp3) is 0.727. The minimum absolute atomic E-state index is 0.745. The summed E-state index contributed by atoms with van der Waals surface area (Å²) in [4.78, 5) is 5.00. The van der Waals surface area contributed by atoms with E-state index in [4.69, 9.17) is 22.9 Å². The molecule has 1 rings (SSSR count). The molecule has 8 N–H and O–H groups in total. The number of nitrogens with zero attached hydrogens (tertiary/aromatic N) is 2. The van der Waals surface area contributed by atoms with Crippen molar-refractivity contribution < 1.29 is 0 Å². The Bertz CT molecular complexity index is 422. The van der Waals surface area contributed by atoms with Gasteiger partial charge in [-0.1, -0.05) is 24.3 Å². The summed E-state index contributed by atoms with van der Waals surface area (Å²) < 4.78 is 0. The fourth-order valence-electron chi connectivity index (χ4n) is 3.40. The molecule has 1 aromatic carbocycles. The molecule has 28 heavy (non-hydrogen) atoms. The molecule has 0 unspecified atom stereocenters. The van der Waals surface area contributed by atoms with Crippen molar-refractivity contribution >= 4 is 0 Å². The van der Waals surface area contributed by atoms with Gasteiger partial charge in [0.1, 0.15) is 0 Å². The number of nitrogens with two attached hydrogens (primary N) is 4. The maximum Gasteiger partial charge on any atom is 0.0233 e. The van der Waals surface area contributed by atoms with Crippen LogP contribution in [-0.2, 0) is 13.1 Å². The second kappa shape index (κ2) is 16.9. The predicted molar refractivity (Wildman–Crippen MR) is 121 cm³/mol. The van der Waals surface area contributed by atoms with Crippen molar-refractivity contribution in [1.29, 1.82) is 0 Å². The molecule has 0 radical (unpaired) electrons. The van der Waals surface area contributed by atoms with Gasteiger partial charge in [-0.3, -0.25) is 9.80 Å². The summed E-state index contributed by atoms with van der Waals surface area (Å²) >= 11 is 0. The minimum atomic E-state index is 0.745. The number of hydrogen-bond acceptors (Lipinski definition) is 6. The molecule has 0 fully saturated rings. The monoisotopic (exact) mass is 392 g/mol. The number of benzene rings is 1. The minimum Gasteiger partial charge on any atom is -0.330 e. The zero-order chi connectivity index (χ0) is 20.5. The van der Waals surface area contributed by atoms with Crippen molar-refractivity contribution in [3.8, 4) is 0 Å². The number of rotatable bonds is 18. The molecule has 1 aromatic rings. The maximum absolute atomic E-state index is 5.70. The van der Waals surface area contributed by atoms with Gasteiger partial charge in [0.15, 0.2) is 0 Å². The molecular weight excluding hydrogens is 348 g/mol. The highest BCUT2D eigenvalue weighted by Gasteiger charge is 2.08. The van der Waals surface area contributed by atoms with E-state index in [1.54, 1.807) is 0 Å². The highest BCUT2D eigenvalue weighted by atomic mass is 15.1. The second-order valence-electron chi connectivity index (χ2n) is 7.64. The fourth-order valence-corrected chi connectivity index (χ4v) is 3.40. The Morgan fingerprint density at radius 3 is 1.11 bits per heavy atom. The van der Waals surface area contributed by atoms with Crippen molar-refractivity contribution in [3.05, 3.63) is 35.4 Å². The van der Waals surface area contributed by atoms with E-state index in [9.17, 15) is 0 Å². The van der Waals surface area contributed by atoms with Crippen LogP contribution in [0.3, 0.4) is 0 Å². The van der Waals surface area contributed by atoms with E-state index in [2.05, 4.69) is 34.1 Å². The standard InChI is InChI=1S/C22H44N6/c23-11-1-3-15-27(17-5-13-25)19-21-7-9-22(10-8-21)20-28(18-6-14-26)16-4-2-12-24/h7-10H,1-6,11-20,23-26H2. The summed E-state index contributed by atoms with van der Waals surface area (Å²) in [7, 11) is 0. The first kappa shape index (κ1) is 25.0. The normalized spacial score (nSPS) is 11.6. The largest absolute Gasteiger partial charge is 0.330 e. The first-order valence-corrected chi connectivity index (χ1v) is 11.1. The summed E-state index contributed by atoms with van der Waals surface area (Å²) in [5.74, 6) is 0. The maximum atomic E-state index is 5.70. The third-order valence-corrected chi connectivity index (χ3v) is 5.05. The van der Waals surface area contributed by atoms with Gasteiger partial charge in [0.05, 0.1) is 0 Å². The molecule has 6 nitrogen and oxygen atoms in total. The van der Waals surface area contributed by atoms with Crippen LogP contribution in [0.4, 0.5) is 0 Å². The molecule has 0 atom stereocenters. The van der Waals surface area contributed by atoms with Gasteiger partial charge < -0.3 is 22.9 Å². The zero-order valence-corrected chi connectivity index (χ0v) is 17.8. The first-order chi connectivity index (χ1) is 13.7. The molecule has 6 heteroatoms. The average Bonchev–Trinajstić information content (AvgIpc) is 2.71. The van der Waals surface area contributed by atoms with Crippen LogP contribution in [0.15, 0.2) is 24.3 Å². The molecule has 0 heterocycles. The highest BCUT2D eigenvalue weighted by Crippen LogP contribution is 2.12. The van der Waals surface area contributed by atoms with E-state index in [0.29, 0.717) is 0 Å². The van der Waals surface area contributed by atoms with E-state index in [0.717, 1.165) is 104 Å². The Morgan fingerprint density at radius 2 is 0.786 bits per heavy atom. The van der Waals surface area contributed by atoms with E-state index in [1.165, 1.54) is 11.1 Å². The Hall–Kier alpha value is -1.02. The van der Waals surface area contributed by atoms with Gasteiger partial charge in [-0.2, -0.15) is 0 Å². The van der Waals surface area contributed by atoms with Crippen molar-refractivity contribution in [1.82, 2.24) is 9.80 Å². The van der Waals surface area contributed by atoms with Gasteiger partial charge in [-0.15, -0.1) is 0 Å². The lowest BCUT2D eigenvalue weighted by Gasteiger charge is -2.23. The van der Waals surface area contributed by atoms with Crippen molar-refractivity contribution in [2.75, 3.05) is 52.4 Å². The van der Waals surface area contributed by atoms with Gasteiger partial charge >= 0.3 is 0 Å².